The Hall–Kier alpha value is -1.69. The van der Waals surface area contributed by atoms with Crippen molar-refractivity contribution in [2.75, 3.05) is 5.32 Å². The van der Waals surface area contributed by atoms with E-state index in [2.05, 4.69) is 15.3 Å². The zero-order chi connectivity index (χ0) is 13.1. The first-order valence-corrected chi connectivity index (χ1v) is 5.98. The van der Waals surface area contributed by atoms with Gasteiger partial charge in [-0.25, -0.2) is 9.97 Å². The van der Waals surface area contributed by atoms with E-state index in [1.807, 2.05) is 0 Å². The standard InChI is InChI=1S/C11H12ClN3O3/c12-8-4-5-13-11(14-8)15-9(16)6-2-1-3-7(6)10(17)18/h4-7H,1-3H2,(H,17,18)(H,13,14,15,16)/t6-,7+/m1/s1. The minimum Gasteiger partial charge on any atom is -0.481 e. The number of rotatable bonds is 3. The molecule has 2 rings (SSSR count). The summed E-state index contributed by atoms with van der Waals surface area (Å²) in [5.41, 5.74) is 0. The Morgan fingerprint density at radius 2 is 2.11 bits per heavy atom. The maximum Gasteiger partial charge on any atom is 0.307 e. The lowest BCUT2D eigenvalue weighted by atomic mass is 9.95. The van der Waals surface area contributed by atoms with Crippen LogP contribution < -0.4 is 5.32 Å². The Balaban J connectivity index is 2.06. The summed E-state index contributed by atoms with van der Waals surface area (Å²) in [5, 5.41) is 11.7. The molecule has 1 aromatic heterocycles. The second-order valence-electron chi connectivity index (χ2n) is 4.17. The van der Waals surface area contributed by atoms with Crippen LogP contribution in [-0.4, -0.2) is 27.0 Å². The molecule has 2 atom stereocenters. The van der Waals surface area contributed by atoms with E-state index in [4.69, 9.17) is 16.7 Å². The Labute approximate surface area is 108 Å². The summed E-state index contributed by atoms with van der Waals surface area (Å²) in [5.74, 6) is -2.33. The summed E-state index contributed by atoms with van der Waals surface area (Å²) in [6.45, 7) is 0. The van der Waals surface area contributed by atoms with Crippen molar-refractivity contribution >= 4 is 29.4 Å². The fourth-order valence-electron chi connectivity index (χ4n) is 2.17. The van der Waals surface area contributed by atoms with Gasteiger partial charge in [0.2, 0.25) is 11.9 Å². The lowest BCUT2D eigenvalue weighted by Crippen LogP contribution is -2.30. The van der Waals surface area contributed by atoms with Crippen LogP contribution in [0.2, 0.25) is 5.15 Å². The Morgan fingerprint density at radius 3 is 2.78 bits per heavy atom. The fourth-order valence-corrected chi connectivity index (χ4v) is 2.31. The van der Waals surface area contributed by atoms with Crippen molar-refractivity contribution in [3.05, 3.63) is 17.4 Å². The van der Waals surface area contributed by atoms with Gasteiger partial charge in [0.1, 0.15) is 5.15 Å². The van der Waals surface area contributed by atoms with Crippen LogP contribution in [0.4, 0.5) is 5.95 Å². The van der Waals surface area contributed by atoms with Gasteiger partial charge >= 0.3 is 5.97 Å². The monoisotopic (exact) mass is 269 g/mol. The number of halogens is 1. The van der Waals surface area contributed by atoms with Gasteiger partial charge in [-0.15, -0.1) is 0 Å². The lowest BCUT2D eigenvalue weighted by molar-refractivity contribution is -0.145. The molecule has 7 heteroatoms. The molecule has 0 bridgehead atoms. The van der Waals surface area contributed by atoms with Gasteiger partial charge in [-0.1, -0.05) is 18.0 Å². The van der Waals surface area contributed by atoms with Crippen LogP contribution in [0, 0.1) is 11.8 Å². The molecule has 1 aliphatic carbocycles. The van der Waals surface area contributed by atoms with Gasteiger partial charge in [0.25, 0.3) is 0 Å². The van der Waals surface area contributed by atoms with Gasteiger partial charge in [-0.05, 0) is 18.9 Å². The number of hydrogen-bond acceptors (Lipinski definition) is 4. The molecule has 1 heterocycles. The predicted molar refractivity (Wildman–Crippen MR) is 64.1 cm³/mol. The van der Waals surface area contributed by atoms with Crippen LogP contribution in [0.1, 0.15) is 19.3 Å². The molecule has 1 saturated carbocycles. The summed E-state index contributed by atoms with van der Waals surface area (Å²) >= 11 is 5.67. The number of carbonyl (C=O) groups excluding carboxylic acids is 1. The minimum atomic E-state index is -0.931. The molecule has 0 aliphatic heterocycles. The first kappa shape index (κ1) is 12.8. The Morgan fingerprint density at radius 1 is 1.39 bits per heavy atom. The molecule has 6 nitrogen and oxygen atoms in total. The molecule has 1 aliphatic rings. The van der Waals surface area contributed by atoms with Gasteiger partial charge in [0, 0.05) is 6.20 Å². The van der Waals surface area contributed by atoms with E-state index in [0.29, 0.717) is 12.8 Å². The highest BCUT2D eigenvalue weighted by Crippen LogP contribution is 2.32. The van der Waals surface area contributed by atoms with Crippen LogP contribution in [0.25, 0.3) is 0 Å². The average molecular weight is 270 g/mol. The van der Waals surface area contributed by atoms with Gasteiger partial charge in [-0.2, -0.15) is 0 Å². The van der Waals surface area contributed by atoms with Gasteiger partial charge in [0.15, 0.2) is 0 Å². The number of amides is 1. The van der Waals surface area contributed by atoms with E-state index in [1.165, 1.54) is 12.3 Å². The Kier molecular flexibility index (Phi) is 3.76. The van der Waals surface area contributed by atoms with E-state index in [0.717, 1.165) is 6.42 Å². The molecule has 0 saturated heterocycles. The molecule has 0 aromatic carbocycles. The highest BCUT2D eigenvalue weighted by Gasteiger charge is 2.37. The largest absolute Gasteiger partial charge is 0.481 e. The first-order valence-electron chi connectivity index (χ1n) is 5.60. The smallest absolute Gasteiger partial charge is 0.307 e. The topological polar surface area (TPSA) is 92.2 Å². The molecule has 0 unspecified atom stereocenters. The fraction of sp³-hybridized carbons (Fsp3) is 0.455. The van der Waals surface area contributed by atoms with Crippen molar-refractivity contribution in [3.63, 3.8) is 0 Å². The molecule has 0 spiro atoms. The number of carboxylic acids is 1. The van der Waals surface area contributed by atoms with E-state index < -0.39 is 17.8 Å². The number of aromatic nitrogens is 2. The third-order valence-electron chi connectivity index (χ3n) is 3.03. The second kappa shape index (κ2) is 5.30. The maximum absolute atomic E-state index is 11.9. The highest BCUT2D eigenvalue weighted by atomic mass is 35.5. The zero-order valence-corrected chi connectivity index (χ0v) is 10.2. The third-order valence-corrected chi connectivity index (χ3v) is 3.24. The van der Waals surface area contributed by atoms with E-state index >= 15 is 0 Å². The van der Waals surface area contributed by atoms with Crippen molar-refractivity contribution < 1.29 is 14.7 Å². The summed E-state index contributed by atoms with van der Waals surface area (Å²) in [4.78, 5) is 30.6. The molecule has 1 amide bonds. The average Bonchev–Trinajstić information content (AvgIpc) is 2.77. The minimum absolute atomic E-state index is 0.100. The van der Waals surface area contributed by atoms with Crippen molar-refractivity contribution in [3.8, 4) is 0 Å². The molecular formula is C11H12ClN3O3. The molecule has 0 radical (unpaired) electrons. The molecular weight excluding hydrogens is 258 g/mol. The van der Waals surface area contributed by atoms with Crippen molar-refractivity contribution in [1.29, 1.82) is 0 Å². The summed E-state index contributed by atoms with van der Waals surface area (Å²) < 4.78 is 0. The molecule has 96 valence electrons. The van der Waals surface area contributed by atoms with Crippen LogP contribution >= 0.6 is 11.6 Å². The number of carboxylic acid groups (broad SMARTS) is 1. The number of nitrogens with one attached hydrogen (secondary N) is 1. The van der Waals surface area contributed by atoms with E-state index in [1.54, 1.807) is 0 Å². The number of nitrogens with zero attached hydrogens (tertiary/aromatic N) is 2. The number of aliphatic carboxylic acids is 1. The summed E-state index contributed by atoms with van der Waals surface area (Å²) in [7, 11) is 0. The van der Waals surface area contributed by atoms with Crippen molar-refractivity contribution in [2.24, 2.45) is 11.8 Å². The molecule has 2 N–H and O–H groups in total. The summed E-state index contributed by atoms with van der Waals surface area (Å²) in [6, 6.07) is 1.49. The van der Waals surface area contributed by atoms with Crippen molar-refractivity contribution in [1.82, 2.24) is 9.97 Å². The van der Waals surface area contributed by atoms with Crippen LogP contribution in [0.15, 0.2) is 12.3 Å². The van der Waals surface area contributed by atoms with Crippen molar-refractivity contribution in [2.45, 2.75) is 19.3 Å². The maximum atomic E-state index is 11.9. The number of carbonyl (C=O) groups is 2. The van der Waals surface area contributed by atoms with Gasteiger partial charge in [0.05, 0.1) is 11.8 Å². The normalized spacial score (nSPS) is 22.7. The number of hydrogen-bond donors (Lipinski definition) is 2. The molecule has 18 heavy (non-hydrogen) atoms. The predicted octanol–water partition coefficient (Wildman–Crippen LogP) is 1.57. The van der Waals surface area contributed by atoms with E-state index in [-0.39, 0.29) is 17.0 Å². The SMILES string of the molecule is O=C(O)[C@H]1CCC[C@H]1C(=O)Nc1nccc(Cl)n1. The Bertz CT molecular complexity index is 480. The van der Waals surface area contributed by atoms with Gasteiger partial charge < -0.3 is 5.11 Å². The molecule has 1 fully saturated rings. The van der Waals surface area contributed by atoms with Crippen LogP contribution in [0.5, 0.6) is 0 Å². The second-order valence-corrected chi connectivity index (χ2v) is 4.56. The zero-order valence-electron chi connectivity index (χ0n) is 9.47. The quantitative estimate of drug-likeness (QED) is 0.813. The first-order chi connectivity index (χ1) is 8.58. The lowest BCUT2D eigenvalue weighted by Gasteiger charge is -2.14. The van der Waals surface area contributed by atoms with Crippen LogP contribution in [0.3, 0.4) is 0 Å². The molecule has 1 aromatic rings. The summed E-state index contributed by atoms with van der Waals surface area (Å²) in [6.07, 6.45) is 3.27. The van der Waals surface area contributed by atoms with Gasteiger partial charge in [-0.3, -0.25) is 14.9 Å². The van der Waals surface area contributed by atoms with E-state index in [9.17, 15) is 9.59 Å². The number of anilines is 1. The van der Waals surface area contributed by atoms with Crippen LogP contribution in [-0.2, 0) is 9.59 Å². The third kappa shape index (κ3) is 2.76. The highest BCUT2D eigenvalue weighted by molar-refractivity contribution is 6.29.